The first-order valence-electron chi connectivity index (χ1n) is 3.93. The summed E-state index contributed by atoms with van der Waals surface area (Å²) in [4.78, 5) is 28.3. The van der Waals surface area contributed by atoms with Gasteiger partial charge in [0.05, 0.1) is 7.11 Å². The molecular weight excluding hydrogens is 393 g/mol. The van der Waals surface area contributed by atoms with Crippen LogP contribution in [0.3, 0.4) is 0 Å². The van der Waals surface area contributed by atoms with E-state index in [2.05, 4.69) is 4.74 Å². The molecule has 10 heteroatoms. The SMILES string of the molecule is COC(=O)c1cc[c-](P(=O)(O)O)c1.[Cl][Zr]([Cl])[Cl]. The molecule has 0 atom stereocenters. The molecule has 0 bridgehead atoms. The fourth-order valence-electron chi connectivity index (χ4n) is 0.857. The van der Waals surface area contributed by atoms with Gasteiger partial charge in [-0.2, -0.15) is 18.2 Å². The van der Waals surface area contributed by atoms with Gasteiger partial charge in [-0.3, -0.25) is 9.36 Å². The van der Waals surface area contributed by atoms with Gasteiger partial charge < -0.3 is 14.5 Å². The van der Waals surface area contributed by atoms with Gasteiger partial charge in [0.15, 0.2) is 0 Å². The minimum atomic E-state index is -4.26. The van der Waals surface area contributed by atoms with E-state index in [1.807, 2.05) is 0 Å². The second-order valence-corrected chi connectivity index (χ2v) is 15.4. The first-order chi connectivity index (χ1) is 7.68. The van der Waals surface area contributed by atoms with Gasteiger partial charge in [0, 0.05) is 0 Å². The van der Waals surface area contributed by atoms with Gasteiger partial charge in [-0.25, -0.2) is 0 Å². The van der Waals surface area contributed by atoms with Gasteiger partial charge in [0.1, 0.15) is 0 Å². The predicted molar refractivity (Wildman–Crippen MR) is 62.6 cm³/mol. The molecule has 2 N–H and O–H groups in total. The third-order valence-corrected chi connectivity index (χ3v) is 2.45. The molecule has 0 aromatic heterocycles. The van der Waals surface area contributed by atoms with Crippen LogP contribution in [0.25, 0.3) is 0 Å². The van der Waals surface area contributed by atoms with Crippen LogP contribution in [0.1, 0.15) is 10.4 Å². The van der Waals surface area contributed by atoms with Crippen LogP contribution in [-0.2, 0) is 27.5 Å². The van der Waals surface area contributed by atoms with Crippen LogP contribution >= 0.6 is 33.1 Å². The summed E-state index contributed by atoms with van der Waals surface area (Å²) in [5, 5.41) is -0.173. The number of carbonyl (C=O) groups is 1. The summed E-state index contributed by atoms with van der Waals surface area (Å²) in [5.74, 6) is -0.611. The number of halogens is 3. The Labute approximate surface area is 116 Å². The van der Waals surface area contributed by atoms with E-state index in [4.69, 9.17) is 35.3 Å². The Morgan fingerprint density at radius 1 is 1.47 bits per heavy atom. The third kappa shape index (κ3) is 7.68. The monoisotopic (exact) mass is 398 g/mol. The van der Waals surface area contributed by atoms with E-state index in [9.17, 15) is 9.36 Å². The van der Waals surface area contributed by atoms with E-state index in [1.165, 1.54) is 19.2 Å². The standard InChI is InChI=1S/C7H8O5P.3ClH.Zr/c1-12-7(8)5-2-3-6(4-5)13(9,10)11;;;;/h2-4H,1H3,(H2,9,10,11);3*1H;/q-1;;;;+3/p-3. The maximum absolute atomic E-state index is 10.9. The van der Waals surface area contributed by atoms with Gasteiger partial charge in [-0.05, 0) is 5.30 Å². The molecule has 5 nitrogen and oxygen atoms in total. The quantitative estimate of drug-likeness (QED) is 0.451. The topological polar surface area (TPSA) is 83.8 Å². The number of carbonyl (C=O) groups excluding carboxylic acids is 1. The van der Waals surface area contributed by atoms with E-state index in [1.54, 1.807) is 0 Å². The number of esters is 1. The zero-order valence-electron chi connectivity index (χ0n) is 8.43. The van der Waals surface area contributed by atoms with Crippen molar-refractivity contribution < 1.29 is 42.1 Å². The zero-order chi connectivity index (χ0) is 13.6. The van der Waals surface area contributed by atoms with Gasteiger partial charge >= 0.3 is 51.3 Å². The van der Waals surface area contributed by atoms with Gasteiger partial charge in [0.2, 0.25) is 0 Å². The van der Waals surface area contributed by atoms with E-state index in [0.29, 0.717) is 0 Å². The molecule has 0 aliphatic rings. The van der Waals surface area contributed by atoms with Crippen molar-refractivity contribution in [3.05, 3.63) is 23.8 Å². The van der Waals surface area contributed by atoms with Crippen LogP contribution in [0, 0.1) is 0 Å². The number of methoxy groups -OCH3 is 1. The number of rotatable bonds is 2. The van der Waals surface area contributed by atoms with Gasteiger partial charge in [0.25, 0.3) is 5.97 Å². The normalized spacial score (nSPS) is 10.2. The summed E-state index contributed by atoms with van der Waals surface area (Å²) in [5.41, 5.74) is 0.140. The molecule has 0 saturated carbocycles. The fraction of sp³-hybridized carbons (Fsp3) is 0.143. The Bertz CT molecular complexity index is 413. The van der Waals surface area contributed by atoms with Crippen molar-refractivity contribution >= 4 is 44.4 Å². The fourth-order valence-corrected chi connectivity index (χ4v) is 1.43. The van der Waals surface area contributed by atoms with Crippen LogP contribution < -0.4 is 5.30 Å². The number of hydrogen-bond acceptors (Lipinski definition) is 3. The van der Waals surface area contributed by atoms with E-state index < -0.39 is 31.7 Å². The summed E-state index contributed by atoms with van der Waals surface area (Å²) < 4.78 is 15.1. The van der Waals surface area contributed by atoms with Gasteiger partial charge in [-0.1, -0.05) is 5.56 Å². The van der Waals surface area contributed by atoms with Crippen LogP contribution in [0.4, 0.5) is 0 Å². The average molecular weight is 401 g/mol. The summed E-state index contributed by atoms with van der Waals surface area (Å²) >= 11 is -2.13. The number of ether oxygens (including phenoxy) is 1. The molecule has 0 unspecified atom stereocenters. The third-order valence-electron chi connectivity index (χ3n) is 1.49. The van der Waals surface area contributed by atoms with Crippen molar-refractivity contribution in [3.8, 4) is 0 Å². The van der Waals surface area contributed by atoms with E-state index >= 15 is 0 Å². The van der Waals surface area contributed by atoms with Crippen LogP contribution in [0.2, 0.25) is 0 Å². The van der Waals surface area contributed by atoms with Crippen molar-refractivity contribution in [2.24, 2.45) is 0 Å². The van der Waals surface area contributed by atoms with Crippen molar-refractivity contribution in [2.75, 3.05) is 7.11 Å². The van der Waals surface area contributed by atoms with Crippen LogP contribution in [-0.4, -0.2) is 22.9 Å². The molecule has 0 radical (unpaired) electrons. The second kappa shape index (κ2) is 8.01. The molecule has 0 saturated heterocycles. The molecular formula is C7H8Cl3O5PZr-. The van der Waals surface area contributed by atoms with Crippen LogP contribution in [0.15, 0.2) is 18.2 Å². The van der Waals surface area contributed by atoms with Crippen molar-refractivity contribution in [1.82, 2.24) is 0 Å². The van der Waals surface area contributed by atoms with Crippen molar-refractivity contribution in [3.63, 3.8) is 0 Å². The molecule has 0 amide bonds. The Morgan fingerprint density at radius 3 is 2.24 bits per heavy atom. The van der Waals surface area contributed by atoms with E-state index in [0.717, 1.165) is 6.07 Å². The molecule has 0 heterocycles. The summed E-state index contributed by atoms with van der Waals surface area (Å²) in [6.45, 7) is 0. The summed E-state index contributed by atoms with van der Waals surface area (Å²) in [7, 11) is 12.0. The first-order valence-corrected chi connectivity index (χ1v) is 15.0. The predicted octanol–water partition coefficient (Wildman–Crippen LogP) is 2.06. The molecule has 0 spiro atoms. The molecule has 17 heavy (non-hydrogen) atoms. The van der Waals surface area contributed by atoms with Gasteiger partial charge in [-0.15, -0.1) is 0 Å². The van der Waals surface area contributed by atoms with E-state index in [-0.39, 0.29) is 10.9 Å². The molecule has 1 aromatic rings. The molecule has 1 aromatic carbocycles. The summed E-state index contributed by atoms with van der Waals surface area (Å²) in [6, 6.07) is 3.62. The Morgan fingerprint density at radius 2 is 1.94 bits per heavy atom. The second-order valence-electron chi connectivity index (χ2n) is 2.61. The molecule has 0 fully saturated rings. The number of hydrogen-bond donors (Lipinski definition) is 2. The Balaban J connectivity index is 0.000000557. The molecule has 1 rings (SSSR count). The molecule has 0 aliphatic heterocycles. The Kier molecular flexibility index (Phi) is 8.35. The average Bonchev–Trinajstić information content (AvgIpc) is 2.63. The molecule has 97 valence electrons. The first kappa shape index (κ1) is 17.7. The van der Waals surface area contributed by atoms with Crippen molar-refractivity contribution in [2.45, 2.75) is 0 Å². The molecule has 0 aliphatic carbocycles. The van der Waals surface area contributed by atoms with Crippen LogP contribution in [0.5, 0.6) is 0 Å². The van der Waals surface area contributed by atoms with Crippen molar-refractivity contribution in [1.29, 1.82) is 0 Å². The maximum atomic E-state index is 10.9. The summed E-state index contributed by atoms with van der Waals surface area (Å²) in [6.07, 6.45) is 0. The zero-order valence-corrected chi connectivity index (χ0v) is 14.1. The minimum absolute atomic E-state index is 0.140. The Hall–Kier alpha value is 0.723.